The molecular weight excluding hydrogens is 485 g/mol. The monoisotopic (exact) mass is 515 g/mol. The van der Waals surface area contributed by atoms with E-state index in [2.05, 4.69) is 15.6 Å². The van der Waals surface area contributed by atoms with Crippen molar-refractivity contribution < 1.29 is 18.9 Å². The van der Waals surface area contributed by atoms with Gasteiger partial charge in [0.25, 0.3) is 0 Å². The van der Waals surface area contributed by atoms with Gasteiger partial charge in [-0.2, -0.15) is 0 Å². The van der Waals surface area contributed by atoms with Crippen LogP contribution in [0.5, 0.6) is 23.0 Å². The fourth-order valence-electron chi connectivity index (χ4n) is 2.78. The highest BCUT2D eigenvalue weighted by atomic mass is 127. The third-order valence-corrected chi connectivity index (χ3v) is 4.33. The minimum Gasteiger partial charge on any atom is -0.497 e. The normalized spacial score (nSPS) is 10.6. The van der Waals surface area contributed by atoms with Crippen molar-refractivity contribution in [3.8, 4) is 23.0 Å². The summed E-state index contributed by atoms with van der Waals surface area (Å²) in [5, 5.41) is 6.61. The number of hydrogen-bond donors (Lipinski definition) is 2. The minimum absolute atomic E-state index is 0. The lowest BCUT2D eigenvalue weighted by atomic mass is 10.1. The smallest absolute Gasteiger partial charge is 0.191 e. The van der Waals surface area contributed by atoms with E-state index in [0.717, 1.165) is 34.3 Å². The van der Waals surface area contributed by atoms with Crippen LogP contribution in [0.1, 0.15) is 11.1 Å². The maximum absolute atomic E-state index is 5.49. The Kier molecular flexibility index (Phi) is 11.0. The molecule has 0 fully saturated rings. The second-order valence-electron chi connectivity index (χ2n) is 5.96. The number of hydrogen-bond acceptors (Lipinski definition) is 5. The van der Waals surface area contributed by atoms with Crippen LogP contribution in [-0.4, -0.2) is 48.0 Å². The average Bonchev–Trinajstić information content (AvgIpc) is 2.75. The van der Waals surface area contributed by atoms with Crippen molar-refractivity contribution in [2.45, 2.75) is 13.0 Å². The Hall–Kier alpha value is -2.36. The Balaban J connectivity index is 0.00000420. The molecule has 0 aliphatic heterocycles. The number of aliphatic imine (C=N–C) groups is 1. The number of methoxy groups -OCH3 is 4. The molecule has 2 rings (SSSR count). The lowest BCUT2D eigenvalue weighted by Gasteiger charge is -2.16. The average molecular weight is 515 g/mol. The van der Waals surface area contributed by atoms with Gasteiger partial charge in [0.2, 0.25) is 0 Å². The van der Waals surface area contributed by atoms with Crippen molar-refractivity contribution in [1.29, 1.82) is 0 Å². The summed E-state index contributed by atoms with van der Waals surface area (Å²) in [4.78, 5) is 4.27. The van der Waals surface area contributed by atoms with Crippen LogP contribution in [0.4, 0.5) is 0 Å². The molecule has 7 nitrogen and oxygen atoms in total. The lowest BCUT2D eigenvalue weighted by molar-refractivity contribution is 0.368. The molecule has 8 heteroatoms. The van der Waals surface area contributed by atoms with Gasteiger partial charge in [0.15, 0.2) is 5.96 Å². The summed E-state index contributed by atoms with van der Waals surface area (Å²) in [5.41, 5.74) is 2.12. The number of nitrogens with one attached hydrogen (secondary N) is 2. The van der Waals surface area contributed by atoms with E-state index in [1.807, 2.05) is 36.4 Å². The number of guanidine groups is 1. The molecule has 0 aliphatic carbocycles. The van der Waals surface area contributed by atoms with E-state index in [-0.39, 0.29) is 24.0 Å². The molecule has 0 saturated carbocycles. The second kappa shape index (κ2) is 13.0. The molecule has 2 aromatic rings. The van der Waals surface area contributed by atoms with Crippen LogP contribution >= 0.6 is 24.0 Å². The van der Waals surface area contributed by atoms with Crippen LogP contribution < -0.4 is 29.6 Å². The largest absolute Gasteiger partial charge is 0.497 e. The lowest BCUT2D eigenvalue weighted by Crippen LogP contribution is -2.37. The van der Waals surface area contributed by atoms with Gasteiger partial charge in [-0.3, -0.25) is 4.99 Å². The Morgan fingerprint density at radius 1 is 0.828 bits per heavy atom. The topological polar surface area (TPSA) is 73.3 Å². The van der Waals surface area contributed by atoms with E-state index < -0.39 is 0 Å². The molecule has 0 aromatic heterocycles. The zero-order chi connectivity index (χ0) is 20.4. The number of rotatable bonds is 9. The Morgan fingerprint density at radius 3 is 1.90 bits per heavy atom. The van der Waals surface area contributed by atoms with Gasteiger partial charge in [-0.1, -0.05) is 12.1 Å². The number of halogens is 1. The van der Waals surface area contributed by atoms with E-state index in [1.54, 1.807) is 35.5 Å². The highest BCUT2D eigenvalue weighted by Crippen LogP contribution is 2.34. The SMILES string of the molecule is CN=C(NCCc1c(OC)cc(OC)cc1OC)NCc1ccc(OC)cc1.I. The zero-order valence-corrected chi connectivity index (χ0v) is 19.9. The molecule has 0 spiro atoms. The minimum atomic E-state index is 0. The molecule has 0 unspecified atom stereocenters. The predicted octanol–water partition coefficient (Wildman–Crippen LogP) is 3.25. The number of benzene rings is 2. The highest BCUT2D eigenvalue weighted by Gasteiger charge is 2.13. The molecule has 0 bridgehead atoms. The maximum atomic E-state index is 5.49. The van der Waals surface area contributed by atoms with Crippen molar-refractivity contribution >= 4 is 29.9 Å². The van der Waals surface area contributed by atoms with Gasteiger partial charge in [-0.25, -0.2) is 0 Å². The number of nitrogens with zero attached hydrogens (tertiary/aromatic N) is 1. The summed E-state index contributed by atoms with van der Waals surface area (Å²) in [7, 11) is 8.30. The fourth-order valence-corrected chi connectivity index (χ4v) is 2.78. The molecule has 0 atom stereocenters. The van der Waals surface area contributed by atoms with Crippen molar-refractivity contribution in [1.82, 2.24) is 10.6 Å². The van der Waals surface area contributed by atoms with Gasteiger partial charge < -0.3 is 29.6 Å². The van der Waals surface area contributed by atoms with Crippen LogP contribution in [-0.2, 0) is 13.0 Å². The molecule has 29 heavy (non-hydrogen) atoms. The molecule has 0 radical (unpaired) electrons. The predicted molar refractivity (Wildman–Crippen MR) is 126 cm³/mol. The molecular formula is C21H30IN3O4. The Labute approximate surface area is 189 Å². The van der Waals surface area contributed by atoms with Crippen LogP contribution in [0.2, 0.25) is 0 Å². The van der Waals surface area contributed by atoms with Crippen LogP contribution in [0, 0.1) is 0 Å². The summed E-state index contributed by atoms with van der Waals surface area (Å²) >= 11 is 0. The summed E-state index contributed by atoms with van der Waals surface area (Å²) in [5.74, 6) is 3.73. The van der Waals surface area contributed by atoms with Crippen molar-refractivity contribution in [2.24, 2.45) is 4.99 Å². The highest BCUT2D eigenvalue weighted by molar-refractivity contribution is 14.0. The van der Waals surface area contributed by atoms with Gasteiger partial charge in [0.05, 0.1) is 28.4 Å². The standard InChI is InChI=1S/C21H29N3O4.HI/c1-22-21(24-14-15-6-8-16(25-2)9-7-15)23-11-10-18-19(27-4)12-17(26-3)13-20(18)28-5;/h6-9,12-13H,10-11,14H2,1-5H3,(H2,22,23,24);1H. The van der Waals surface area contributed by atoms with Crippen molar-refractivity contribution in [3.05, 3.63) is 47.5 Å². The first-order valence-electron chi connectivity index (χ1n) is 9.01. The van der Waals surface area contributed by atoms with Crippen LogP contribution in [0.25, 0.3) is 0 Å². The third-order valence-electron chi connectivity index (χ3n) is 4.33. The fraction of sp³-hybridized carbons (Fsp3) is 0.381. The van der Waals surface area contributed by atoms with Gasteiger partial charge >= 0.3 is 0 Å². The summed E-state index contributed by atoms with van der Waals surface area (Å²) in [6.07, 6.45) is 0.708. The Morgan fingerprint density at radius 2 is 1.41 bits per heavy atom. The summed E-state index contributed by atoms with van der Waals surface area (Å²) < 4.78 is 21.5. The van der Waals surface area contributed by atoms with E-state index in [1.165, 1.54) is 0 Å². The first kappa shape index (κ1) is 24.7. The Bertz CT molecular complexity index is 757. The van der Waals surface area contributed by atoms with Crippen LogP contribution in [0.3, 0.4) is 0 Å². The van der Waals surface area contributed by atoms with Crippen molar-refractivity contribution in [3.63, 3.8) is 0 Å². The molecule has 160 valence electrons. The molecule has 2 N–H and O–H groups in total. The summed E-state index contributed by atoms with van der Waals surface area (Å²) in [6.45, 7) is 1.33. The van der Waals surface area contributed by atoms with E-state index >= 15 is 0 Å². The molecule has 0 saturated heterocycles. The van der Waals surface area contributed by atoms with Gasteiger partial charge in [-0.15, -0.1) is 24.0 Å². The molecule has 0 heterocycles. The first-order chi connectivity index (χ1) is 13.6. The van der Waals surface area contributed by atoms with E-state index in [4.69, 9.17) is 18.9 Å². The maximum Gasteiger partial charge on any atom is 0.191 e. The third kappa shape index (κ3) is 7.19. The number of ether oxygens (including phenoxy) is 4. The van der Waals surface area contributed by atoms with Crippen LogP contribution in [0.15, 0.2) is 41.4 Å². The first-order valence-corrected chi connectivity index (χ1v) is 9.01. The van der Waals surface area contributed by atoms with Gasteiger partial charge in [0.1, 0.15) is 23.0 Å². The van der Waals surface area contributed by atoms with Gasteiger partial charge in [0, 0.05) is 37.8 Å². The second-order valence-corrected chi connectivity index (χ2v) is 5.96. The summed E-state index contributed by atoms with van der Waals surface area (Å²) in [6, 6.07) is 11.6. The quantitative estimate of drug-likeness (QED) is 0.304. The zero-order valence-electron chi connectivity index (χ0n) is 17.6. The molecule has 0 amide bonds. The van der Waals surface area contributed by atoms with E-state index in [9.17, 15) is 0 Å². The van der Waals surface area contributed by atoms with Crippen molar-refractivity contribution in [2.75, 3.05) is 42.0 Å². The van der Waals surface area contributed by atoms with E-state index in [0.29, 0.717) is 25.3 Å². The molecule has 0 aliphatic rings. The van der Waals surface area contributed by atoms with Gasteiger partial charge in [-0.05, 0) is 24.1 Å². The molecule has 2 aromatic carbocycles.